The van der Waals surface area contributed by atoms with Gasteiger partial charge in [-0.25, -0.2) is 0 Å². The van der Waals surface area contributed by atoms with Crippen LogP contribution in [0.15, 0.2) is 0 Å². The molecule has 2 N–H and O–H groups in total. The molecule has 4 heteroatoms. The lowest BCUT2D eigenvalue weighted by molar-refractivity contribution is -0.0973. The van der Waals surface area contributed by atoms with Crippen molar-refractivity contribution in [3.05, 3.63) is 0 Å². The Kier molecular flexibility index (Phi) is 3.85. The van der Waals surface area contributed by atoms with Crippen molar-refractivity contribution in [1.29, 1.82) is 0 Å². The molecule has 2 aliphatic heterocycles. The number of nitrogens with one attached hydrogen (secondary N) is 1. The fourth-order valence-corrected chi connectivity index (χ4v) is 2.88. The van der Waals surface area contributed by atoms with Crippen molar-refractivity contribution in [2.24, 2.45) is 0 Å². The minimum Gasteiger partial charge on any atom is -0.388 e. The molecular formula is C12H24N2O2. The number of aliphatic hydroxyl groups is 1. The molecule has 0 saturated carbocycles. The zero-order valence-electron chi connectivity index (χ0n) is 10.4. The Labute approximate surface area is 98.0 Å². The van der Waals surface area contributed by atoms with Gasteiger partial charge in [-0.3, -0.25) is 4.90 Å². The van der Waals surface area contributed by atoms with Crippen LogP contribution in [0.4, 0.5) is 0 Å². The van der Waals surface area contributed by atoms with E-state index in [1.807, 2.05) is 0 Å². The normalized spacial score (nSPS) is 36.2. The zero-order valence-corrected chi connectivity index (χ0v) is 10.4. The molecule has 0 spiro atoms. The Hall–Kier alpha value is -0.160. The van der Waals surface area contributed by atoms with Gasteiger partial charge in [-0.15, -0.1) is 0 Å². The second-order valence-corrected chi connectivity index (χ2v) is 5.43. The van der Waals surface area contributed by atoms with Crippen molar-refractivity contribution in [3.63, 3.8) is 0 Å². The number of ether oxygens (including phenoxy) is 1. The Bertz CT molecular complexity index is 219. The predicted octanol–water partition coefficient (Wildman–Crippen LogP) is 0.210. The first-order valence-electron chi connectivity index (χ1n) is 6.38. The maximum atomic E-state index is 10.5. The van der Waals surface area contributed by atoms with Crippen LogP contribution < -0.4 is 5.32 Å². The Morgan fingerprint density at radius 2 is 1.81 bits per heavy atom. The van der Waals surface area contributed by atoms with E-state index in [0.717, 1.165) is 45.6 Å². The van der Waals surface area contributed by atoms with E-state index >= 15 is 0 Å². The summed E-state index contributed by atoms with van der Waals surface area (Å²) in [6.07, 6.45) is 2.31. The van der Waals surface area contributed by atoms with Crippen molar-refractivity contribution in [3.8, 4) is 0 Å². The van der Waals surface area contributed by atoms with Crippen LogP contribution in [0.5, 0.6) is 0 Å². The number of morpholine rings is 1. The van der Waals surface area contributed by atoms with Crippen LogP contribution in [0.1, 0.15) is 26.7 Å². The van der Waals surface area contributed by atoms with Crippen LogP contribution >= 0.6 is 0 Å². The second kappa shape index (κ2) is 5.00. The smallest absolute Gasteiger partial charge is 0.0798 e. The third-order valence-corrected chi connectivity index (χ3v) is 3.55. The van der Waals surface area contributed by atoms with E-state index in [0.29, 0.717) is 0 Å². The lowest BCUT2D eigenvalue weighted by Gasteiger charge is -2.41. The highest BCUT2D eigenvalue weighted by atomic mass is 16.5. The van der Waals surface area contributed by atoms with Gasteiger partial charge in [0.25, 0.3) is 0 Å². The fourth-order valence-electron chi connectivity index (χ4n) is 2.88. The van der Waals surface area contributed by atoms with E-state index in [2.05, 4.69) is 24.1 Å². The van der Waals surface area contributed by atoms with Crippen molar-refractivity contribution in [2.75, 3.05) is 32.7 Å². The standard InChI is InChI=1S/C12H24N2O2/c1-10-7-14(8-11(2)16-10)9-12(15)3-5-13-6-4-12/h10-11,13,15H,3-9H2,1-2H3/t10-,11+. The van der Waals surface area contributed by atoms with Gasteiger partial charge < -0.3 is 15.2 Å². The summed E-state index contributed by atoms with van der Waals surface area (Å²) in [4.78, 5) is 2.35. The van der Waals surface area contributed by atoms with Gasteiger partial charge >= 0.3 is 0 Å². The highest BCUT2D eigenvalue weighted by Gasteiger charge is 2.33. The van der Waals surface area contributed by atoms with E-state index in [9.17, 15) is 5.11 Å². The van der Waals surface area contributed by atoms with Gasteiger partial charge in [-0.1, -0.05) is 0 Å². The molecule has 0 radical (unpaired) electrons. The van der Waals surface area contributed by atoms with E-state index in [-0.39, 0.29) is 12.2 Å². The molecule has 0 aromatic carbocycles. The molecule has 2 atom stereocenters. The van der Waals surface area contributed by atoms with Gasteiger partial charge in [0.15, 0.2) is 0 Å². The van der Waals surface area contributed by atoms with Crippen LogP contribution in [0.25, 0.3) is 0 Å². The fraction of sp³-hybridized carbons (Fsp3) is 1.00. The van der Waals surface area contributed by atoms with Crippen molar-refractivity contribution >= 4 is 0 Å². The Morgan fingerprint density at radius 1 is 1.25 bits per heavy atom. The van der Waals surface area contributed by atoms with Crippen LogP contribution in [-0.4, -0.2) is 60.5 Å². The first-order valence-corrected chi connectivity index (χ1v) is 6.38. The monoisotopic (exact) mass is 228 g/mol. The third kappa shape index (κ3) is 3.17. The minimum absolute atomic E-state index is 0.286. The topological polar surface area (TPSA) is 44.7 Å². The van der Waals surface area contributed by atoms with Crippen LogP contribution in [0, 0.1) is 0 Å². The van der Waals surface area contributed by atoms with Crippen LogP contribution in [0.2, 0.25) is 0 Å². The molecule has 0 unspecified atom stereocenters. The first-order chi connectivity index (χ1) is 7.57. The summed E-state index contributed by atoms with van der Waals surface area (Å²) in [5, 5.41) is 13.8. The number of hydrogen-bond acceptors (Lipinski definition) is 4. The number of piperidine rings is 1. The summed E-state index contributed by atoms with van der Waals surface area (Å²) >= 11 is 0. The average Bonchev–Trinajstić information content (AvgIpc) is 2.15. The molecule has 0 amide bonds. The van der Waals surface area contributed by atoms with Crippen molar-refractivity contribution < 1.29 is 9.84 Å². The van der Waals surface area contributed by atoms with E-state index < -0.39 is 5.60 Å². The third-order valence-electron chi connectivity index (χ3n) is 3.55. The van der Waals surface area contributed by atoms with Gasteiger partial charge in [0.1, 0.15) is 0 Å². The van der Waals surface area contributed by atoms with E-state index in [1.54, 1.807) is 0 Å². The molecule has 2 aliphatic rings. The molecule has 0 aromatic heterocycles. The zero-order chi connectivity index (χ0) is 11.6. The molecule has 0 bridgehead atoms. The molecule has 16 heavy (non-hydrogen) atoms. The second-order valence-electron chi connectivity index (χ2n) is 5.43. The predicted molar refractivity (Wildman–Crippen MR) is 63.5 cm³/mol. The summed E-state index contributed by atoms with van der Waals surface area (Å²) in [5.41, 5.74) is -0.484. The Balaban J connectivity index is 1.87. The minimum atomic E-state index is -0.484. The summed E-state index contributed by atoms with van der Waals surface area (Å²) in [5.74, 6) is 0. The lowest BCUT2D eigenvalue weighted by Crippen LogP contribution is -2.54. The number of β-amino-alcohol motifs (C(OH)–C–C–N with tert-alkyl or cyclic N) is 1. The van der Waals surface area contributed by atoms with Gasteiger partial charge in [0.05, 0.1) is 17.8 Å². The maximum absolute atomic E-state index is 10.5. The summed E-state index contributed by atoms with van der Waals surface area (Å²) in [7, 11) is 0. The lowest BCUT2D eigenvalue weighted by atomic mass is 9.91. The molecule has 2 saturated heterocycles. The summed E-state index contributed by atoms with van der Waals surface area (Å²) < 4.78 is 5.70. The van der Waals surface area contributed by atoms with Gasteiger partial charge in [0.2, 0.25) is 0 Å². The largest absolute Gasteiger partial charge is 0.388 e. The Morgan fingerprint density at radius 3 is 2.38 bits per heavy atom. The van der Waals surface area contributed by atoms with E-state index in [1.165, 1.54) is 0 Å². The molecule has 0 aromatic rings. The number of nitrogens with zero attached hydrogens (tertiary/aromatic N) is 1. The van der Waals surface area contributed by atoms with Crippen LogP contribution in [0.3, 0.4) is 0 Å². The first kappa shape index (κ1) is 12.3. The molecular weight excluding hydrogens is 204 g/mol. The molecule has 0 aliphatic carbocycles. The number of hydrogen-bond donors (Lipinski definition) is 2. The van der Waals surface area contributed by atoms with E-state index in [4.69, 9.17) is 4.74 Å². The maximum Gasteiger partial charge on any atom is 0.0798 e. The summed E-state index contributed by atoms with van der Waals surface area (Å²) in [6.45, 7) is 8.77. The average molecular weight is 228 g/mol. The van der Waals surface area contributed by atoms with Gasteiger partial charge in [0, 0.05) is 19.6 Å². The van der Waals surface area contributed by atoms with Crippen LogP contribution in [-0.2, 0) is 4.74 Å². The quantitative estimate of drug-likeness (QED) is 0.709. The molecule has 2 rings (SSSR count). The molecule has 4 nitrogen and oxygen atoms in total. The SMILES string of the molecule is C[C@@H]1CN(CC2(O)CCNCC2)C[C@H](C)O1. The molecule has 94 valence electrons. The van der Waals surface area contributed by atoms with Crippen molar-refractivity contribution in [1.82, 2.24) is 10.2 Å². The molecule has 2 fully saturated rings. The number of rotatable bonds is 2. The highest BCUT2D eigenvalue weighted by Crippen LogP contribution is 2.21. The van der Waals surface area contributed by atoms with Gasteiger partial charge in [-0.05, 0) is 39.8 Å². The van der Waals surface area contributed by atoms with Crippen molar-refractivity contribution in [2.45, 2.75) is 44.5 Å². The summed E-state index contributed by atoms with van der Waals surface area (Å²) in [6, 6.07) is 0. The molecule has 2 heterocycles. The van der Waals surface area contributed by atoms with Gasteiger partial charge in [-0.2, -0.15) is 0 Å². The highest BCUT2D eigenvalue weighted by molar-refractivity contribution is 4.89.